The Hall–Kier alpha value is -2.35. The lowest BCUT2D eigenvalue weighted by atomic mass is 10.0. The Kier molecular flexibility index (Phi) is 6.64. The first kappa shape index (κ1) is 21.0. The summed E-state index contributed by atoms with van der Waals surface area (Å²) < 4.78 is 43.7. The van der Waals surface area contributed by atoms with Crippen LogP contribution in [0.1, 0.15) is 55.7 Å². The maximum absolute atomic E-state index is 12.8. The van der Waals surface area contributed by atoms with Crippen LogP contribution in [0.2, 0.25) is 0 Å². The van der Waals surface area contributed by atoms with Gasteiger partial charge in [0.15, 0.2) is 11.5 Å². The van der Waals surface area contributed by atoms with E-state index in [-0.39, 0.29) is 29.4 Å². The summed E-state index contributed by atoms with van der Waals surface area (Å²) in [4.78, 5) is 12.5. The Labute approximate surface area is 156 Å². The van der Waals surface area contributed by atoms with Crippen LogP contribution >= 0.6 is 0 Å². The van der Waals surface area contributed by atoms with E-state index in [1.807, 2.05) is 27.7 Å². The van der Waals surface area contributed by atoms with E-state index < -0.39 is 11.7 Å². The number of hydrogen-bond acceptors (Lipinski definition) is 4. The summed E-state index contributed by atoms with van der Waals surface area (Å²) in [6.45, 7) is 8.03. The maximum Gasteiger partial charge on any atom is 0.416 e. The first-order valence-corrected chi connectivity index (χ1v) is 8.83. The lowest BCUT2D eigenvalue weighted by Crippen LogP contribution is -2.33. The van der Waals surface area contributed by atoms with Crippen molar-refractivity contribution < 1.29 is 22.5 Å². The van der Waals surface area contributed by atoms with Crippen LogP contribution < -0.4 is 10.6 Å². The van der Waals surface area contributed by atoms with Crippen molar-refractivity contribution in [1.29, 1.82) is 0 Å². The van der Waals surface area contributed by atoms with E-state index in [0.717, 1.165) is 18.6 Å². The highest BCUT2D eigenvalue weighted by Gasteiger charge is 2.30. The largest absolute Gasteiger partial charge is 0.416 e. The predicted molar refractivity (Wildman–Crippen MR) is 96.1 cm³/mol. The van der Waals surface area contributed by atoms with E-state index in [1.54, 1.807) is 0 Å². The molecule has 0 radical (unpaired) electrons. The monoisotopic (exact) mass is 383 g/mol. The maximum atomic E-state index is 12.8. The molecule has 0 saturated heterocycles. The van der Waals surface area contributed by atoms with Gasteiger partial charge in [0.2, 0.25) is 0 Å². The van der Waals surface area contributed by atoms with Crippen molar-refractivity contribution in [2.45, 2.75) is 58.9 Å². The minimum absolute atomic E-state index is 0.0328. The van der Waals surface area contributed by atoms with Gasteiger partial charge in [-0.05, 0) is 25.5 Å². The van der Waals surface area contributed by atoms with Gasteiger partial charge >= 0.3 is 6.18 Å². The Morgan fingerprint density at radius 3 is 2.33 bits per heavy atom. The zero-order valence-corrected chi connectivity index (χ0v) is 15.8. The molecular formula is C19H24F3N3O2. The highest BCUT2D eigenvalue weighted by atomic mass is 19.4. The molecule has 0 aliphatic carbocycles. The number of carbonyl (C=O) groups excluding carboxylic acids is 1. The molecule has 1 aromatic heterocycles. The quantitative estimate of drug-likeness (QED) is 0.744. The SMILES string of the molecule is CCC(C)NC(=O)c1noc(-c2ccc(C(F)(F)F)cc2)c1CNC(C)C. The number of halogens is 3. The van der Waals surface area contributed by atoms with Gasteiger partial charge in [-0.2, -0.15) is 13.2 Å². The standard InChI is InChI=1S/C19H24F3N3O2/c1-5-12(4)24-18(26)16-15(10-23-11(2)3)17(27-25-16)13-6-8-14(9-7-13)19(20,21)22/h6-9,11-12,23H,5,10H2,1-4H3,(H,24,26). The molecule has 0 saturated carbocycles. The average molecular weight is 383 g/mol. The number of nitrogens with one attached hydrogen (secondary N) is 2. The van der Waals surface area contributed by atoms with Crippen molar-refractivity contribution in [1.82, 2.24) is 15.8 Å². The minimum atomic E-state index is -4.41. The zero-order chi connectivity index (χ0) is 20.2. The van der Waals surface area contributed by atoms with E-state index in [9.17, 15) is 18.0 Å². The highest BCUT2D eigenvalue weighted by molar-refractivity contribution is 5.95. The van der Waals surface area contributed by atoms with E-state index in [2.05, 4.69) is 15.8 Å². The molecule has 0 aliphatic heterocycles. The molecule has 1 atom stereocenters. The predicted octanol–water partition coefficient (Wildman–Crippen LogP) is 4.39. The lowest BCUT2D eigenvalue weighted by molar-refractivity contribution is -0.137. The Bertz CT molecular complexity index is 767. The van der Waals surface area contributed by atoms with Gasteiger partial charge in [0.1, 0.15) is 0 Å². The molecule has 2 rings (SSSR count). The molecule has 1 aromatic carbocycles. The van der Waals surface area contributed by atoms with Crippen molar-refractivity contribution >= 4 is 5.91 Å². The van der Waals surface area contributed by atoms with Crippen molar-refractivity contribution in [3.05, 3.63) is 41.1 Å². The molecule has 0 bridgehead atoms. The number of nitrogens with zero attached hydrogens (tertiary/aromatic N) is 1. The third-order valence-electron chi connectivity index (χ3n) is 4.15. The topological polar surface area (TPSA) is 67.2 Å². The molecule has 0 fully saturated rings. The van der Waals surface area contributed by atoms with Crippen LogP contribution in [0.5, 0.6) is 0 Å². The second-order valence-corrected chi connectivity index (χ2v) is 6.73. The first-order valence-electron chi connectivity index (χ1n) is 8.83. The van der Waals surface area contributed by atoms with Crippen LogP contribution in [0.4, 0.5) is 13.2 Å². The zero-order valence-electron chi connectivity index (χ0n) is 15.8. The molecule has 27 heavy (non-hydrogen) atoms. The van der Waals surface area contributed by atoms with Gasteiger partial charge in [-0.3, -0.25) is 4.79 Å². The molecule has 0 aliphatic rings. The number of carbonyl (C=O) groups is 1. The fourth-order valence-electron chi connectivity index (χ4n) is 2.39. The van der Waals surface area contributed by atoms with Crippen molar-refractivity contribution in [3.8, 4) is 11.3 Å². The Balaban J connectivity index is 2.39. The molecule has 2 N–H and O–H groups in total. The third-order valence-corrected chi connectivity index (χ3v) is 4.15. The van der Waals surface area contributed by atoms with Crippen LogP contribution in [0.25, 0.3) is 11.3 Å². The number of alkyl halides is 3. The van der Waals surface area contributed by atoms with Gasteiger partial charge in [-0.25, -0.2) is 0 Å². The van der Waals surface area contributed by atoms with E-state index >= 15 is 0 Å². The molecular weight excluding hydrogens is 359 g/mol. The first-order chi connectivity index (χ1) is 12.6. The number of rotatable bonds is 7. The molecule has 8 heteroatoms. The minimum Gasteiger partial charge on any atom is -0.355 e. The number of aromatic nitrogens is 1. The Morgan fingerprint density at radius 2 is 1.81 bits per heavy atom. The fourth-order valence-corrected chi connectivity index (χ4v) is 2.39. The summed E-state index contributed by atoms with van der Waals surface area (Å²) in [6.07, 6.45) is -3.65. The molecule has 1 heterocycles. The normalized spacial score (nSPS) is 13.0. The summed E-state index contributed by atoms with van der Waals surface area (Å²) in [5, 5.41) is 9.91. The van der Waals surface area contributed by atoms with Crippen molar-refractivity contribution in [3.63, 3.8) is 0 Å². The molecule has 0 spiro atoms. The second-order valence-electron chi connectivity index (χ2n) is 6.73. The van der Waals surface area contributed by atoms with Gasteiger partial charge in [-0.15, -0.1) is 0 Å². The summed E-state index contributed by atoms with van der Waals surface area (Å²) in [5.74, 6) is -0.0852. The van der Waals surface area contributed by atoms with E-state index in [4.69, 9.17) is 4.52 Å². The second kappa shape index (κ2) is 8.56. The number of amides is 1. The lowest BCUT2D eigenvalue weighted by Gasteiger charge is -2.12. The van der Waals surface area contributed by atoms with Crippen LogP contribution in [0.3, 0.4) is 0 Å². The smallest absolute Gasteiger partial charge is 0.355 e. The Morgan fingerprint density at radius 1 is 1.19 bits per heavy atom. The number of hydrogen-bond donors (Lipinski definition) is 2. The summed E-state index contributed by atoms with van der Waals surface area (Å²) in [5.41, 5.74) is 0.337. The van der Waals surface area contributed by atoms with Crippen molar-refractivity contribution in [2.75, 3.05) is 0 Å². The fraction of sp³-hybridized carbons (Fsp3) is 0.474. The van der Waals surface area contributed by atoms with Crippen molar-refractivity contribution in [2.24, 2.45) is 0 Å². The van der Waals surface area contributed by atoms with Gasteiger partial charge in [0, 0.05) is 29.8 Å². The molecule has 148 valence electrons. The molecule has 1 unspecified atom stereocenters. The van der Waals surface area contributed by atoms with Crippen LogP contribution in [-0.4, -0.2) is 23.1 Å². The van der Waals surface area contributed by atoms with Crippen LogP contribution in [0, 0.1) is 0 Å². The van der Waals surface area contributed by atoms with Crippen LogP contribution in [0.15, 0.2) is 28.8 Å². The van der Waals surface area contributed by atoms with Gasteiger partial charge in [-0.1, -0.05) is 38.1 Å². The number of benzene rings is 1. The van der Waals surface area contributed by atoms with Gasteiger partial charge < -0.3 is 15.2 Å². The van der Waals surface area contributed by atoms with E-state index in [1.165, 1.54) is 12.1 Å². The van der Waals surface area contributed by atoms with Gasteiger partial charge in [0.05, 0.1) is 5.56 Å². The molecule has 5 nitrogen and oxygen atoms in total. The third kappa shape index (κ3) is 5.32. The molecule has 2 aromatic rings. The van der Waals surface area contributed by atoms with E-state index in [0.29, 0.717) is 17.7 Å². The average Bonchev–Trinajstić information content (AvgIpc) is 3.03. The highest BCUT2D eigenvalue weighted by Crippen LogP contribution is 2.32. The molecule has 1 amide bonds. The van der Waals surface area contributed by atoms with Crippen LogP contribution in [-0.2, 0) is 12.7 Å². The summed E-state index contributed by atoms with van der Waals surface area (Å²) in [7, 11) is 0. The summed E-state index contributed by atoms with van der Waals surface area (Å²) in [6, 6.07) is 4.71. The van der Waals surface area contributed by atoms with Gasteiger partial charge in [0.25, 0.3) is 5.91 Å². The summed E-state index contributed by atoms with van der Waals surface area (Å²) >= 11 is 0.